The molecule has 100 valence electrons. The van der Waals surface area contributed by atoms with E-state index in [1.807, 2.05) is 0 Å². The second kappa shape index (κ2) is 6.78. The highest BCUT2D eigenvalue weighted by Crippen LogP contribution is 2.13. The lowest BCUT2D eigenvalue weighted by Gasteiger charge is -2.10. The van der Waals surface area contributed by atoms with Crippen LogP contribution in [0.25, 0.3) is 0 Å². The summed E-state index contributed by atoms with van der Waals surface area (Å²) in [5.41, 5.74) is 0. The SMILES string of the molecule is CCC(CC)CC(=O)Nc1ccn(CC(=O)O)n1. The Balaban J connectivity index is 2.49. The van der Waals surface area contributed by atoms with E-state index in [4.69, 9.17) is 5.11 Å². The molecule has 1 heterocycles. The Morgan fingerprint density at radius 3 is 2.67 bits per heavy atom. The third-order valence-electron chi connectivity index (χ3n) is 2.83. The minimum atomic E-state index is -0.965. The van der Waals surface area contributed by atoms with E-state index < -0.39 is 5.97 Å². The Labute approximate surface area is 106 Å². The van der Waals surface area contributed by atoms with E-state index >= 15 is 0 Å². The summed E-state index contributed by atoms with van der Waals surface area (Å²) in [6, 6.07) is 1.59. The molecule has 1 aromatic rings. The molecule has 18 heavy (non-hydrogen) atoms. The maximum Gasteiger partial charge on any atom is 0.325 e. The van der Waals surface area contributed by atoms with Crippen LogP contribution in [0.15, 0.2) is 12.3 Å². The van der Waals surface area contributed by atoms with Crippen molar-refractivity contribution in [3.05, 3.63) is 12.3 Å². The van der Waals surface area contributed by atoms with E-state index in [-0.39, 0.29) is 12.5 Å². The third kappa shape index (κ3) is 4.57. The highest BCUT2D eigenvalue weighted by Gasteiger charge is 2.11. The monoisotopic (exact) mass is 253 g/mol. The molecule has 1 rings (SSSR count). The molecule has 0 saturated carbocycles. The van der Waals surface area contributed by atoms with Gasteiger partial charge >= 0.3 is 5.97 Å². The van der Waals surface area contributed by atoms with Gasteiger partial charge in [0.25, 0.3) is 0 Å². The van der Waals surface area contributed by atoms with Crippen molar-refractivity contribution in [2.45, 2.75) is 39.7 Å². The van der Waals surface area contributed by atoms with Gasteiger partial charge in [-0.1, -0.05) is 26.7 Å². The average molecular weight is 253 g/mol. The van der Waals surface area contributed by atoms with Crippen molar-refractivity contribution in [1.82, 2.24) is 9.78 Å². The molecular weight excluding hydrogens is 234 g/mol. The highest BCUT2D eigenvalue weighted by molar-refractivity contribution is 5.89. The van der Waals surface area contributed by atoms with Gasteiger partial charge in [-0.3, -0.25) is 14.3 Å². The van der Waals surface area contributed by atoms with Crippen molar-refractivity contribution in [1.29, 1.82) is 0 Å². The molecule has 2 N–H and O–H groups in total. The summed E-state index contributed by atoms with van der Waals surface area (Å²) in [7, 11) is 0. The number of carboxylic acid groups (broad SMARTS) is 1. The van der Waals surface area contributed by atoms with Gasteiger partial charge in [0.05, 0.1) is 0 Å². The Kier molecular flexibility index (Phi) is 5.35. The summed E-state index contributed by atoms with van der Waals surface area (Å²) in [5, 5.41) is 15.2. The predicted molar refractivity (Wildman–Crippen MR) is 67.2 cm³/mol. The minimum absolute atomic E-state index is 0.0794. The van der Waals surface area contributed by atoms with Crippen molar-refractivity contribution in [2.24, 2.45) is 5.92 Å². The zero-order valence-electron chi connectivity index (χ0n) is 10.7. The number of rotatable bonds is 7. The molecule has 1 aromatic heterocycles. The highest BCUT2D eigenvalue weighted by atomic mass is 16.4. The first-order valence-electron chi connectivity index (χ1n) is 6.10. The Hall–Kier alpha value is -1.85. The van der Waals surface area contributed by atoms with E-state index in [0.29, 0.717) is 18.2 Å². The third-order valence-corrected chi connectivity index (χ3v) is 2.83. The van der Waals surface area contributed by atoms with Gasteiger partial charge in [0.1, 0.15) is 6.54 Å². The zero-order valence-corrected chi connectivity index (χ0v) is 10.7. The van der Waals surface area contributed by atoms with Crippen LogP contribution in [0.5, 0.6) is 0 Å². The molecule has 0 spiro atoms. The number of amides is 1. The van der Waals surface area contributed by atoms with Gasteiger partial charge < -0.3 is 10.4 Å². The molecule has 0 atom stereocenters. The number of nitrogens with one attached hydrogen (secondary N) is 1. The van der Waals surface area contributed by atoms with Crippen molar-refractivity contribution in [3.63, 3.8) is 0 Å². The van der Waals surface area contributed by atoms with Crippen molar-refractivity contribution >= 4 is 17.7 Å². The fourth-order valence-corrected chi connectivity index (χ4v) is 1.69. The topological polar surface area (TPSA) is 84.2 Å². The second-order valence-corrected chi connectivity index (χ2v) is 4.23. The number of hydrogen-bond donors (Lipinski definition) is 2. The summed E-state index contributed by atoms with van der Waals surface area (Å²) in [6.07, 6.45) is 3.94. The van der Waals surface area contributed by atoms with Gasteiger partial charge in [0.15, 0.2) is 5.82 Å². The lowest BCUT2D eigenvalue weighted by molar-refractivity contribution is -0.137. The van der Waals surface area contributed by atoms with Gasteiger partial charge in [0, 0.05) is 18.7 Å². The molecule has 1 amide bonds. The van der Waals surface area contributed by atoms with Gasteiger partial charge in [0.2, 0.25) is 5.91 Å². The number of carbonyl (C=O) groups excluding carboxylic acids is 1. The number of carbonyl (C=O) groups is 2. The van der Waals surface area contributed by atoms with Crippen LogP contribution in [0.3, 0.4) is 0 Å². The van der Waals surface area contributed by atoms with Gasteiger partial charge in [-0.15, -0.1) is 0 Å². The van der Waals surface area contributed by atoms with Gasteiger partial charge in [-0.25, -0.2) is 0 Å². The summed E-state index contributed by atoms with van der Waals surface area (Å²) < 4.78 is 1.27. The summed E-state index contributed by atoms with van der Waals surface area (Å²) in [4.78, 5) is 22.2. The molecule has 0 aromatic carbocycles. The molecule has 6 heteroatoms. The molecule has 0 aliphatic heterocycles. The van der Waals surface area contributed by atoms with E-state index in [1.54, 1.807) is 6.07 Å². The number of aliphatic carboxylic acids is 1. The van der Waals surface area contributed by atoms with Crippen LogP contribution < -0.4 is 5.32 Å². The van der Waals surface area contributed by atoms with E-state index in [1.165, 1.54) is 10.9 Å². The lowest BCUT2D eigenvalue weighted by Crippen LogP contribution is -2.17. The second-order valence-electron chi connectivity index (χ2n) is 4.23. The van der Waals surface area contributed by atoms with Crippen LogP contribution in [0, 0.1) is 5.92 Å². The summed E-state index contributed by atoms with van der Waals surface area (Å²) in [5.74, 6) is -0.268. The number of carboxylic acids is 1. The maximum absolute atomic E-state index is 11.7. The molecule has 0 saturated heterocycles. The maximum atomic E-state index is 11.7. The number of nitrogens with zero attached hydrogens (tertiary/aromatic N) is 2. The summed E-state index contributed by atoms with van der Waals surface area (Å²) in [6.45, 7) is 3.91. The molecule has 0 fully saturated rings. The smallest absolute Gasteiger partial charge is 0.325 e. The van der Waals surface area contributed by atoms with Crippen LogP contribution in [0.2, 0.25) is 0 Å². The molecule has 0 aliphatic carbocycles. The first-order chi connectivity index (χ1) is 8.55. The molecule has 0 unspecified atom stereocenters. The zero-order chi connectivity index (χ0) is 13.5. The van der Waals surface area contributed by atoms with Crippen LogP contribution in [0.1, 0.15) is 33.1 Å². The van der Waals surface area contributed by atoms with Crippen LogP contribution in [-0.4, -0.2) is 26.8 Å². The molecule has 0 aliphatic rings. The predicted octanol–water partition coefficient (Wildman–Crippen LogP) is 1.73. The first-order valence-corrected chi connectivity index (χ1v) is 6.10. The van der Waals surface area contributed by atoms with Crippen LogP contribution in [-0.2, 0) is 16.1 Å². The van der Waals surface area contributed by atoms with Crippen LogP contribution >= 0.6 is 0 Å². The Morgan fingerprint density at radius 1 is 1.44 bits per heavy atom. The number of anilines is 1. The molecular formula is C12H19N3O3. The van der Waals surface area contributed by atoms with E-state index in [0.717, 1.165) is 12.8 Å². The summed E-state index contributed by atoms with van der Waals surface area (Å²) >= 11 is 0. The average Bonchev–Trinajstić information content (AvgIpc) is 2.72. The number of aromatic nitrogens is 2. The van der Waals surface area contributed by atoms with Gasteiger partial charge in [-0.05, 0) is 5.92 Å². The van der Waals surface area contributed by atoms with Crippen molar-refractivity contribution < 1.29 is 14.7 Å². The first kappa shape index (κ1) is 14.2. The normalized spacial score (nSPS) is 10.6. The van der Waals surface area contributed by atoms with E-state index in [9.17, 15) is 9.59 Å². The number of hydrogen-bond acceptors (Lipinski definition) is 3. The molecule has 0 radical (unpaired) electrons. The fraction of sp³-hybridized carbons (Fsp3) is 0.583. The Morgan fingerprint density at radius 2 is 2.11 bits per heavy atom. The molecule has 6 nitrogen and oxygen atoms in total. The fourth-order valence-electron chi connectivity index (χ4n) is 1.69. The van der Waals surface area contributed by atoms with Crippen LogP contribution in [0.4, 0.5) is 5.82 Å². The Bertz CT molecular complexity index is 410. The minimum Gasteiger partial charge on any atom is -0.480 e. The quantitative estimate of drug-likeness (QED) is 0.775. The standard InChI is InChI=1S/C12H19N3O3/c1-3-9(4-2)7-11(16)13-10-5-6-15(14-10)8-12(17)18/h5-6,9H,3-4,7-8H2,1-2H3,(H,17,18)(H,13,14,16). The van der Waals surface area contributed by atoms with Crippen molar-refractivity contribution in [3.8, 4) is 0 Å². The van der Waals surface area contributed by atoms with Gasteiger partial charge in [-0.2, -0.15) is 5.10 Å². The largest absolute Gasteiger partial charge is 0.480 e. The lowest BCUT2D eigenvalue weighted by atomic mass is 9.99. The van der Waals surface area contributed by atoms with Crippen molar-refractivity contribution in [2.75, 3.05) is 5.32 Å². The molecule has 0 bridgehead atoms. The van der Waals surface area contributed by atoms with E-state index in [2.05, 4.69) is 24.3 Å².